The largest absolute Gasteiger partial charge is 0.481 e. The van der Waals surface area contributed by atoms with Gasteiger partial charge in [-0.25, -0.2) is 4.98 Å². The molecule has 2 unspecified atom stereocenters. The summed E-state index contributed by atoms with van der Waals surface area (Å²) in [5.74, 6) is -1.27. The molecule has 2 atom stereocenters. The number of amides is 1. The standard InChI is InChI=1S/C14H14N2O4S/c1-14(13(18)19)6-20-5-11(14)16-12(17)8-2-3-9-10(4-8)21-7-15-9/h2-4,7,11H,5-6H2,1H3,(H,16,17)(H,18,19). The summed E-state index contributed by atoms with van der Waals surface area (Å²) < 4.78 is 6.15. The number of carboxylic acids is 1. The fourth-order valence-electron chi connectivity index (χ4n) is 2.32. The summed E-state index contributed by atoms with van der Waals surface area (Å²) in [6.45, 7) is 1.89. The molecule has 1 amide bonds. The lowest BCUT2D eigenvalue weighted by molar-refractivity contribution is -0.148. The normalized spacial score (nSPS) is 25.1. The second-order valence-corrected chi connectivity index (χ2v) is 6.19. The van der Waals surface area contributed by atoms with Crippen molar-refractivity contribution in [1.29, 1.82) is 0 Å². The monoisotopic (exact) mass is 306 g/mol. The van der Waals surface area contributed by atoms with Crippen molar-refractivity contribution in [3.63, 3.8) is 0 Å². The fourth-order valence-corrected chi connectivity index (χ4v) is 3.04. The van der Waals surface area contributed by atoms with Gasteiger partial charge in [0.25, 0.3) is 5.91 Å². The van der Waals surface area contributed by atoms with Gasteiger partial charge in [-0.15, -0.1) is 11.3 Å². The van der Waals surface area contributed by atoms with Crippen LogP contribution in [0.5, 0.6) is 0 Å². The van der Waals surface area contributed by atoms with E-state index in [0.717, 1.165) is 10.2 Å². The Morgan fingerprint density at radius 1 is 1.52 bits per heavy atom. The molecule has 0 radical (unpaired) electrons. The Morgan fingerprint density at radius 2 is 2.33 bits per heavy atom. The molecule has 1 aromatic heterocycles. The molecule has 1 aromatic carbocycles. The first-order valence-corrected chi connectivity index (χ1v) is 7.34. The quantitative estimate of drug-likeness (QED) is 0.897. The fraction of sp³-hybridized carbons (Fsp3) is 0.357. The Hall–Kier alpha value is -1.99. The van der Waals surface area contributed by atoms with Crippen molar-refractivity contribution in [3.05, 3.63) is 29.3 Å². The predicted octanol–water partition coefficient (Wildman–Crippen LogP) is 1.52. The highest BCUT2D eigenvalue weighted by Crippen LogP contribution is 2.29. The zero-order valence-corrected chi connectivity index (χ0v) is 12.1. The molecule has 0 bridgehead atoms. The van der Waals surface area contributed by atoms with E-state index in [4.69, 9.17) is 4.74 Å². The Balaban J connectivity index is 1.81. The minimum absolute atomic E-state index is 0.0984. The summed E-state index contributed by atoms with van der Waals surface area (Å²) in [6, 6.07) is 4.68. The van der Waals surface area contributed by atoms with E-state index in [1.165, 1.54) is 11.3 Å². The van der Waals surface area contributed by atoms with Gasteiger partial charge in [0.15, 0.2) is 0 Å². The molecule has 2 heterocycles. The number of hydrogen-bond acceptors (Lipinski definition) is 5. The number of aromatic nitrogens is 1. The van der Waals surface area contributed by atoms with Crippen molar-refractivity contribution < 1.29 is 19.4 Å². The lowest BCUT2D eigenvalue weighted by atomic mass is 9.85. The van der Waals surface area contributed by atoms with E-state index in [-0.39, 0.29) is 19.1 Å². The Bertz CT molecular complexity index is 714. The molecule has 0 saturated carbocycles. The predicted molar refractivity (Wildman–Crippen MR) is 77.4 cm³/mol. The van der Waals surface area contributed by atoms with E-state index in [9.17, 15) is 14.7 Å². The summed E-state index contributed by atoms with van der Waals surface area (Å²) in [7, 11) is 0. The van der Waals surface area contributed by atoms with Crippen molar-refractivity contribution in [3.8, 4) is 0 Å². The van der Waals surface area contributed by atoms with Gasteiger partial charge in [0.05, 0.1) is 35.0 Å². The van der Waals surface area contributed by atoms with E-state index in [2.05, 4.69) is 10.3 Å². The SMILES string of the molecule is CC1(C(=O)O)COCC1NC(=O)c1ccc2ncsc2c1. The number of benzene rings is 1. The number of fused-ring (bicyclic) bond motifs is 1. The summed E-state index contributed by atoms with van der Waals surface area (Å²) in [4.78, 5) is 27.8. The molecule has 1 saturated heterocycles. The minimum Gasteiger partial charge on any atom is -0.481 e. The number of rotatable bonds is 3. The zero-order chi connectivity index (χ0) is 15.0. The molecule has 6 nitrogen and oxygen atoms in total. The highest BCUT2D eigenvalue weighted by Gasteiger charge is 2.47. The molecule has 1 fully saturated rings. The Kier molecular flexibility index (Phi) is 3.38. The van der Waals surface area contributed by atoms with Crippen LogP contribution in [-0.2, 0) is 9.53 Å². The van der Waals surface area contributed by atoms with E-state index >= 15 is 0 Å². The maximum absolute atomic E-state index is 12.3. The van der Waals surface area contributed by atoms with Crippen molar-refractivity contribution in [2.24, 2.45) is 5.41 Å². The highest BCUT2D eigenvalue weighted by atomic mass is 32.1. The first-order chi connectivity index (χ1) is 10.0. The van der Waals surface area contributed by atoms with Crippen molar-refractivity contribution in [2.75, 3.05) is 13.2 Å². The third-order valence-corrected chi connectivity index (χ3v) is 4.63. The smallest absolute Gasteiger partial charge is 0.313 e. The lowest BCUT2D eigenvalue weighted by Crippen LogP contribution is -2.49. The summed E-state index contributed by atoms with van der Waals surface area (Å²) in [6.07, 6.45) is 0. The van der Waals surface area contributed by atoms with Gasteiger partial charge in [-0.3, -0.25) is 9.59 Å². The molecule has 3 rings (SSSR count). The topological polar surface area (TPSA) is 88.5 Å². The molecule has 7 heteroatoms. The number of carbonyl (C=O) groups is 2. The van der Waals surface area contributed by atoms with Gasteiger partial charge in [0.1, 0.15) is 5.41 Å². The number of aliphatic carboxylic acids is 1. The van der Waals surface area contributed by atoms with Crippen LogP contribution in [0.15, 0.2) is 23.7 Å². The number of thiazole rings is 1. The number of nitrogens with one attached hydrogen (secondary N) is 1. The van der Waals surface area contributed by atoms with Crippen LogP contribution >= 0.6 is 11.3 Å². The molecule has 1 aliphatic rings. The van der Waals surface area contributed by atoms with Gasteiger partial charge >= 0.3 is 5.97 Å². The number of carbonyl (C=O) groups excluding carboxylic acids is 1. The van der Waals surface area contributed by atoms with Crippen LogP contribution in [-0.4, -0.2) is 41.2 Å². The maximum Gasteiger partial charge on any atom is 0.313 e. The van der Waals surface area contributed by atoms with Crippen molar-refractivity contribution >= 4 is 33.4 Å². The Labute approximate surface area is 124 Å². The molecular formula is C14H14N2O4S. The van der Waals surface area contributed by atoms with Gasteiger partial charge in [-0.1, -0.05) is 0 Å². The third-order valence-electron chi connectivity index (χ3n) is 3.84. The van der Waals surface area contributed by atoms with Crippen LogP contribution in [0.2, 0.25) is 0 Å². The first kappa shape index (κ1) is 14.0. The molecular weight excluding hydrogens is 292 g/mol. The van der Waals surface area contributed by atoms with E-state index in [1.807, 2.05) is 0 Å². The van der Waals surface area contributed by atoms with Crippen molar-refractivity contribution in [2.45, 2.75) is 13.0 Å². The first-order valence-electron chi connectivity index (χ1n) is 6.46. The number of ether oxygens (including phenoxy) is 1. The summed E-state index contributed by atoms with van der Waals surface area (Å²) >= 11 is 1.46. The molecule has 0 spiro atoms. The average molecular weight is 306 g/mol. The second kappa shape index (κ2) is 5.09. The molecule has 0 aliphatic carbocycles. The third kappa shape index (κ3) is 2.38. The van der Waals surface area contributed by atoms with Crippen LogP contribution in [0.4, 0.5) is 0 Å². The van der Waals surface area contributed by atoms with E-state index in [1.54, 1.807) is 30.6 Å². The average Bonchev–Trinajstić information content (AvgIpc) is 3.06. The molecule has 1 aliphatic heterocycles. The minimum atomic E-state index is -1.09. The number of hydrogen-bond donors (Lipinski definition) is 2. The van der Waals surface area contributed by atoms with Crippen molar-refractivity contribution in [1.82, 2.24) is 10.3 Å². The zero-order valence-electron chi connectivity index (χ0n) is 11.3. The van der Waals surface area contributed by atoms with E-state index in [0.29, 0.717) is 5.56 Å². The van der Waals surface area contributed by atoms with Crippen LogP contribution in [0, 0.1) is 5.41 Å². The van der Waals surface area contributed by atoms with Gasteiger partial charge in [-0.2, -0.15) is 0 Å². The molecule has 2 N–H and O–H groups in total. The molecule has 2 aromatic rings. The van der Waals surface area contributed by atoms with Gasteiger partial charge in [-0.05, 0) is 25.1 Å². The summed E-state index contributed by atoms with van der Waals surface area (Å²) in [5, 5.41) is 12.1. The van der Waals surface area contributed by atoms with E-state index < -0.39 is 17.4 Å². The van der Waals surface area contributed by atoms with Gasteiger partial charge in [0.2, 0.25) is 0 Å². The molecule has 21 heavy (non-hydrogen) atoms. The molecule has 110 valence electrons. The Morgan fingerprint density at radius 3 is 3.10 bits per heavy atom. The van der Waals surface area contributed by atoms with Crippen LogP contribution in [0.1, 0.15) is 17.3 Å². The van der Waals surface area contributed by atoms with Crippen LogP contribution in [0.25, 0.3) is 10.2 Å². The number of nitrogens with zero attached hydrogens (tertiary/aromatic N) is 1. The lowest BCUT2D eigenvalue weighted by Gasteiger charge is -2.25. The van der Waals surface area contributed by atoms with Crippen LogP contribution < -0.4 is 5.32 Å². The summed E-state index contributed by atoms with van der Waals surface area (Å²) in [5.41, 5.74) is 1.96. The number of carboxylic acid groups (broad SMARTS) is 1. The maximum atomic E-state index is 12.3. The van der Waals surface area contributed by atoms with Gasteiger partial charge < -0.3 is 15.2 Å². The van der Waals surface area contributed by atoms with Gasteiger partial charge in [0, 0.05) is 5.56 Å². The second-order valence-electron chi connectivity index (χ2n) is 5.30. The highest BCUT2D eigenvalue weighted by molar-refractivity contribution is 7.16. The van der Waals surface area contributed by atoms with Crippen LogP contribution in [0.3, 0.4) is 0 Å².